The first-order valence-corrected chi connectivity index (χ1v) is 8.66. The molecule has 4 atom stereocenters. The van der Waals surface area contributed by atoms with Gasteiger partial charge in [-0.2, -0.15) is 0 Å². The molecule has 0 aliphatic carbocycles. The molecule has 3 aliphatic rings. The normalized spacial score (nSPS) is 30.0. The quantitative estimate of drug-likeness (QED) is 0.796. The van der Waals surface area contributed by atoms with E-state index in [1.165, 1.54) is 0 Å². The van der Waals surface area contributed by atoms with E-state index in [2.05, 4.69) is 11.4 Å². The molecule has 0 unspecified atom stereocenters. The average molecular weight is 338 g/mol. The van der Waals surface area contributed by atoms with Gasteiger partial charge in [-0.05, 0) is 24.6 Å². The summed E-state index contributed by atoms with van der Waals surface area (Å²) in [5.74, 6) is -1.73. The minimum atomic E-state index is -0.624. The number of Topliss-reactive ketones (excluding diaryl/α,β-unsaturated/α-hetero) is 1. The summed E-state index contributed by atoms with van der Waals surface area (Å²) < 4.78 is 0. The number of aryl methyl sites for hydroxylation is 1. The molecule has 1 N–H and O–H groups in total. The van der Waals surface area contributed by atoms with Crippen LogP contribution in [0.1, 0.15) is 31.9 Å². The van der Waals surface area contributed by atoms with Crippen LogP contribution in [0.4, 0.5) is 5.69 Å². The third-order valence-electron chi connectivity index (χ3n) is 5.51. The van der Waals surface area contributed by atoms with Gasteiger partial charge in [-0.25, -0.2) is 0 Å². The van der Waals surface area contributed by atoms with Gasteiger partial charge in [0.05, 0.1) is 17.9 Å². The first-order valence-electron chi connectivity index (χ1n) is 8.66. The highest BCUT2D eigenvalue weighted by molar-refractivity contribution is 6.11. The third kappa shape index (κ3) is 2.18. The number of carbonyl (C=O) groups is 3. The summed E-state index contributed by atoms with van der Waals surface area (Å²) in [5.41, 5.74) is 2.49. The van der Waals surface area contributed by atoms with Crippen LogP contribution in [-0.2, 0) is 14.4 Å². The molecule has 0 aromatic heterocycles. The number of hydrogen-bond acceptors (Lipinski definition) is 4. The number of nitrogens with one attached hydrogen (secondary N) is 1. The first-order chi connectivity index (χ1) is 11.7. The monoisotopic (exact) mass is 338 g/mol. The second kappa shape index (κ2) is 5.04. The molecular weight excluding hydrogens is 316 g/mol. The SMILES string of the molecule is Cc1ccc2c(c1)C=C[C@H]1[C@H]3C(=O)NC(=O)[C@@H]3[C@@H](C(=O)C(C)(C)C)N21. The Morgan fingerprint density at radius 3 is 2.48 bits per heavy atom. The number of imide groups is 1. The van der Waals surface area contributed by atoms with Gasteiger partial charge >= 0.3 is 0 Å². The Labute approximate surface area is 147 Å². The third-order valence-corrected chi connectivity index (χ3v) is 5.51. The highest BCUT2D eigenvalue weighted by Gasteiger charge is 2.62. The van der Waals surface area contributed by atoms with Crippen LogP contribution in [0.15, 0.2) is 24.3 Å². The number of fused-ring (bicyclic) bond motifs is 5. The van der Waals surface area contributed by atoms with Crippen molar-refractivity contribution in [3.05, 3.63) is 35.4 Å². The van der Waals surface area contributed by atoms with Crippen molar-refractivity contribution in [1.82, 2.24) is 5.32 Å². The molecule has 25 heavy (non-hydrogen) atoms. The summed E-state index contributed by atoms with van der Waals surface area (Å²) in [6.45, 7) is 7.61. The Morgan fingerprint density at radius 2 is 1.80 bits per heavy atom. The zero-order chi connectivity index (χ0) is 18.1. The maximum atomic E-state index is 13.2. The lowest BCUT2D eigenvalue weighted by molar-refractivity contribution is -0.132. The van der Waals surface area contributed by atoms with E-state index in [4.69, 9.17) is 0 Å². The average Bonchev–Trinajstić information content (AvgIpc) is 3.01. The fraction of sp³-hybridized carbons (Fsp3) is 0.450. The van der Waals surface area contributed by atoms with Crippen LogP contribution in [0.3, 0.4) is 0 Å². The minimum absolute atomic E-state index is 0.00308. The fourth-order valence-corrected chi connectivity index (χ4v) is 4.35. The number of anilines is 1. The number of carbonyl (C=O) groups excluding carboxylic acids is 3. The number of benzene rings is 1. The zero-order valence-corrected chi connectivity index (χ0v) is 14.9. The lowest BCUT2D eigenvalue weighted by atomic mass is 9.79. The van der Waals surface area contributed by atoms with Gasteiger partial charge in [-0.1, -0.05) is 44.6 Å². The molecule has 5 nitrogen and oxygen atoms in total. The van der Waals surface area contributed by atoms with Crippen molar-refractivity contribution in [2.75, 3.05) is 4.90 Å². The molecule has 2 amide bonds. The molecule has 1 aromatic rings. The van der Waals surface area contributed by atoms with E-state index >= 15 is 0 Å². The van der Waals surface area contributed by atoms with E-state index in [0.29, 0.717) is 0 Å². The number of amides is 2. The van der Waals surface area contributed by atoms with Crippen LogP contribution in [0.2, 0.25) is 0 Å². The van der Waals surface area contributed by atoms with E-state index in [0.717, 1.165) is 16.8 Å². The van der Waals surface area contributed by atoms with Crippen molar-refractivity contribution in [3.63, 3.8) is 0 Å². The Hall–Kier alpha value is -2.43. The number of rotatable bonds is 1. The van der Waals surface area contributed by atoms with E-state index in [1.54, 1.807) is 0 Å². The maximum absolute atomic E-state index is 13.2. The van der Waals surface area contributed by atoms with Crippen molar-refractivity contribution in [2.45, 2.75) is 39.8 Å². The summed E-state index contributed by atoms with van der Waals surface area (Å²) in [5, 5.41) is 2.43. The molecule has 3 heterocycles. The predicted octanol–water partition coefficient (Wildman–Crippen LogP) is 2.08. The molecule has 0 bridgehead atoms. The van der Waals surface area contributed by atoms with E-state index in [-0.39, 0.29) is 23.6 Å². The molecular formula is C20H22N2O3. The maximum Gasteiger partial charge on any atom is 0.233 e. The number of ketones is 1. The molecule has 0 saturated carbocycles. The van der Waals surface area contributed by atoms with Gasteiger partial charge in [0, 0.05) is 11.1 Å². The van der Waals surface area contributed by atoms with Crippen LogP contribution >= 0.6 is 0 Å². The molecule has 1 aromatic carbocycles. The van der Waals surface area contributed by atoms with Gasteiger partial charge in [0.15, 0.2) is 5.78 Å². The summed E-state index contributed by atoms with van der Waals surface area (Å²) in [4.78, 5) is 40.1. The molecule has 2 fully saturated rings. The Bertz CT molecular complexity index is 834. The van der Waals surface area contributed by atoms with Crippen LogP contribution in [-0.4, -0.2) is 29.7 Å². The van der Waals surface area contributed by atoms with Crippen molar-refractivity contribution >= 4 is 29.4 Å². The van der Waals surface area contributed by atoms with E-state index < -0.39 is 23.3 Å². The molecule has 130 valence electrons. The highest BCUT2D eigenvalue weighted by Crippen LogP contribution is 2.47. The second-order valence-electron chi connectivity index (χ2n) is 8.28. The van der Waals surface area contributed by atoms with Crippen LogP contribution in [0, 0.1) is 24.2 Å². The Morgan fingerprint density at radius 1 is 1.12 bits per heavy atom. The van der Waals surface area contributed by atoms with Crippen molar-refractivity contribution in [2.24, 2.45) is 17.3 Å². The summed E-state index contributed by atoms with van der Waals surface area (Å²) >= 11 is 0. The molecule has 0 spiro atoms. The topological polar surface area (TPSA) is 66.5 Å². The van der Waals surface area contributed by atoms with E-state index in [9.17, 15) is 14.4 Å². The predicted molar refractivity (Wildman–Crippen MR) is 94.9 cm³/mol. The summed E-state index contributed by atoms with van der Waals surface area (Å²) in [6, 6.07) is 5.18. The van der Waals surface area contributed by atoms with Crippen molar-refractivity contribution in [3.8, 4) is 0 Å². The van der Waals surface area contributed by atoms with Crippen LogP contribution < -0.4 is 10.2 Å². The van der Waals surface area contributed by atoms with E-state index in [1.807, 2.05) is 56.9 Å². The fourth-order valence-electron chi connectivity index (χ4n) is 4.35. The highest BCUT2D eigenvalue weighted by atomic mass is 16.2. The first kappa shape index (κ1) is 16.1. The molecule has 2 saturated heterocycles. The van der Waals surface area contributed by atoms with Crippen LogP contribution in [0.5, 0.6) is 0 Å². The van der Waals surface area contributed by atoms with Crippen LogP contribution in [0.25, 0.3) is 6.08 Å². The summed E-state index contributed by atoms with van der Waals surface area (Å²) in [6.07, 6.45) is 3.97. The standard InChI is InChI=1S/C20H22N2O3/c1-10-5-7-12-11(9-10)6-8-13-14-15(19(25)21-18(14)24)16(22(12)13)17(23)20(2,3)4/h5-9,13-16H,1-4H3,(H,21,24,25)/t13-,14+,15-,16-/m0/s1. The molecule has 3 aliphatic heterocycles. The smallest absolute Gasteiger partial charge is 0.233 e. The van der Waals surface area contributed by atoms with Gasteiger partial charge in [0.1, 0.15) is 6.04 Å². The van der Waals surface area contributed by atoms with Gasteiger partial charge in [0.25, 0.3) is 0 Å². The Balaban J connectivity index is 1.90. The summed E-state index contributed by atoms with van der Waals surface area (Å²) in [7, 11) is 0. The van der Waals surface area contributed by atoms with Gasteiger partial charge in [-0.15, -0.1) is 0 Å². The van der Waals surface area contributed by atoms with Gasteiger partial charge in [0.2, 0.25) is 11.8 Å². The minimum Gasteiger partial charge on any atom is -0.353 e. The van der Waals surface area contributed by atoms with Gasteiger partial charge < -0.3 is 4.90 Å². The molecule has 4 rings (SSSR count). The van der Waals surface area contributed by atoms with Crippen molar-refractivity contribution < 1.29 is 14.4 Å². The lowest BCUT2D eigenvalue weighted by Crippen LogP contribution is -2.50. The Kier molecular flexibility index (Phi) is 3.24. The number of nitrogens with zero attached hydrogens (tertiary/aromatic N) is 1. The van der Waals surface area contributed by atoms with Gasteiger partial charge in [-0.3, -0.25) is 19.7 Å². The molecule has 5 heteroatoms. The lowest BCUT2D eigenvalue weighted by Gasteiger charge is -2.38. The van der Waals surface area contributed by atoms with Crippen molar-refractivity contribution in [1.29, 1.82) is 0 Å². The second-order valence-corrected chi connectivity index (χ2v) is 8.28. The molecule has 0 radical (unpaired) electrons. The zero-order valence-electron chi connectivity index (χ0n) is 14.9. The largest absolute Gasteiger partial charge is 0.353 e. The number of hydrogen-bond donors (Lipinski definition) is 1.